The van der Waals surface area contributed by atoms with Crippen LogP contribution >= 0.6 is 11.8 Å². The molecule has 29 heavy (non-hydrogen) atoms. The van der Waals surface area contributed by atoms with Crippen molar-refractivity contribution in [2.75, 3.05) is 4.90 Å². The summed E-state index contributed by atoms with van der Waals surface area (Å²) < 4.78 is 5.53. The van der Waals surface area contributed by atoms with Gasteiger partial charge < -0.3 is 10.2 Å². The second-order valence-electron chi connectivity index (χ2n) is 6.32. The molecule has 2 aromatic heterocycles. The summed E-state index contributed by atoms with van der Waals surface area (Å²) in [5.41, 5.74) is 6.39. The van der Waals surface area contributed by atoms with Gasteiger partial charge in [-0.3, -0.25) is 14.4 Å². The van der Waals surface area contributed by atoms with Crippen molar-refractivity contribution in [2.24, 2.45) is 5.73 Å². The quantitative estimate of drug-likeness (QED) is 0.633. The first kappa shape index (κ1) is 18.8. The number of furan rings is 1. The number of aryl methyl sites for hydroxylation is 1. The molecule has 1 saturated heterocycles. The number of thioether (sulfide) groups is 1. The van der Waals surface area contributed by atoms with E-state index in [1.54, 1.807) is 6.07 Å². The monoisotopic (exact) mass is 409 g/mol. The normalized spacial score (nSPS) is 16.4. The van der Waals surface area contributed by atoms with Gasteiger partial charge in [0.05, 0.1) is 11.9 Å². The summed E-state index contributed by atoms with van der Waals surface area (Å²) in [7, 11) is 0. The highest BCUT2D eigenvalue weighted by Crippen LogP contribution is 2.33. The Hall–Kier alpha value is -3.53. The minimum Gasteiger partial charge on any atom is -0.460 e. The van der Waals surface area contributed by atoms with Gasteiger partial charge in [-0.1, -0.05) is 11.8 Å². The predicted molar refractivity (Wildman–Crippen MR) is 104 cm³/mol. The van der Waals surface area contributed by atoms with E-state index < -0.39 is 11.2 Å². The third kappa shape index (κ3) is 3.74. The summed E-state index contributed by atoms with van der Waals surface area (Å²) in [5, 5.41) is 7.46. The summed E-state index contributed by atoms with van der Waals surface area (Å²) in [5.74, 6) is -0.0215. The zero-order valence-corrected chi connectivity index (χ0v) is 16.0. The van der Waals surface area contributed by atoms with Gasteiger partial charge in [0, 0.05) is 12.0 Å². The van der Waals surface area contributed by atoms with Crippen LogP contribution in [0, 0.1) is 6.92 Å². The standard InChI is InChI=1S/C19H15N5O4S/c1-10-2-7-14(28-10)13-9-21-23-19(22-13)29-15-8-16(25)24(18(15)27)12-5-3-11(4-6-12)17(20)26/h2-7,9,15H,8H2,1H3,(H2,20,26). The van der Waals surface area contributed by atoms with Crippen molar-refractivity contribution < 1.29 is 18.8 Å². The van der Waals surface area contributed by atoms with E-state index in [9.17, 15) is 14.4 Å². The third-order valence-electron chi connectivity index (χ3n) is 4.30. The molecule has 1 atom stereocenters. The highest BCUT2D eigenvalue weighted by molar-refractivity contribution is 8.00. The molecule has 1 aliphatic rings. The van der Waals surface area contributed by atoms with Gasteiger partial charge in [0.2, 0.25) is 22.9 Å². The Morgan fingerprint density at radius 1 is 1.21 bits per heavy atom. The second kappa shape index (κ2) is 7.47. The first-order valence-corrected chi connectivity index (χ1v) is 9.50. The lowest BCUT2D eigenvalue weighted by Crippen LogP contribution is -2.31. The number of nitrogens with zero attached hydrogens (tertiary/aromatic N) is 4. The van der Waals surface area contributed by atoms with Gasteiger partial charge in [-0.2, -0.15) is 5.10 Å². The lowest BCUT2D eigenvalue weighted by atomic mass is 10.2. The molecule has 0 bridgehead atoms. The van der Waals surface area contributed by atoms with Crippen LogP contribution in [0.2, 0.25) is 0 Å². The number of hydrogen-bond acceptors (Lipinski definition) is 8. The van der Waals surface area contributed by atoms with Crippen molar-refractivity contribution in [3.63, 3.8) is 0 Å². The minimum absolute atomic E-state index is 0.00845. The molecule has 1 unspecified atom stereocenters. The summed E-state index contributed by atoms with van der Waals surface area (Å²) in [6, 6.07) is 9.56. The smallest absolute Gasteiger partial charge is 0.248 e. The molecule has 3 heterocycles. The molecule has 1 aliphatic heterocycles. The Kier molecular flexibility index (Phi) is 4.85. The highest BCUT2D eigenvalue weighted by atomic mass is 32.2. The van der Waals surface area contributed by atoms with Crippen molar-refractivity contribution in [3.8, 4) is 11.5 Å². The number of nitrogens with two attached hydrogens (primary N) is 1. The van der Waals surface area contributed by atoms with E-state index in [-0.39, 0.29) is 23.4 Å². The molecule has 0 radical (unpaired) electrons. The molecule has 9 nitrogen and oxygen atoms in total. The molecule has 10 heteroatoms. The van der Waals surface area contributed by atoms with Crippen LogP contribution in [0.15, 0.2) is 52.2 Å². The molecule has 146 valence electrons. The Labute approximate surface area is 169 Å². The van der Waals surface area contributed by atoms with E-state index in [1.807, 2.05) is 13.0 Å². The maximum absolute atomic E-state index is 12.8. The van der Waals surface area contributed by atoms with Crippen LogP contribution in [0.3, 0.4) is 0 Å². The van der Waals surface area contributed by atoms with E-state index in [2.05, 4.69) is 15.2 Å². The van der Waals surface area contributed by atoms with Crippen LogP contribution in [-0.2, 0) is 9.59 Å². The number of amides is 3. The third-order valence-corrected chi connectivity index (χ3v) is 5.33. The molecule has 1 aromatic carbocycles. The highest BCUT2D eigenvalue weighted by Gasteiger charge is 2.40. The van der Waals surface area contributed by atoms with Gasteiger partial charge in [-0.15, -0.1) is 5.10 Å². The lowest BCUT2D eigenvalue weighted by molar-refractivity contribution is -0.121. The molecule has 1 fully saturated rings. The molecule has 3 aromatic rings. The van der Waals surface area contributed by atoms with E-state index in [1.165, 1.54) is 30.5 Å². The van der Waals surface area contributed by atoms with Crippen LogP contribution in [0.4, 0.5) is 5.69 Å². The fourth-order valence-corrected chi connectivity index (χ4v) is 3.83. The number of rotatable bonds is 5. The molecular weight excluding hydrogens is 394 g/mol. The van der Waals surface area contributed by atoms with E-state index in [4.69, 9.17) is 10.2 Å². The summed E-state index contributed by atoms with van der Waals surface area (Å²) in [6.07, 6.45) is 1.48. The van der Waals surface area contributed by atoms with Crippen molar-refractivity contribution in [2.45, 2.75) is 23.8 Å². The molecule has 0 spiro atoms. The van der Waals surface area contributed by atoms with E-state index in [0.717, 1.165) is 22.4 Å². The van der Waals surface area contributed by atoms with Crippen molar-refractivity contribution >= 4 is 35.2 Å². The molecule has 3 amide bonds. The molecule has 0 saturated carbocycles. The van der Waals surface area contributed by atoms with Gasteiger partial charge >= 0.3 is 0 Å². The molecule has 2 N–H and O–H groups in total. The Bertz CT molecular complexity index is 1110. The Balaban J connectivity index is 1.53. The van der Waals surface area contributed by atoms with Gasteiger partial charge in [-0.05, 0) is 43.3 Å². The zero-order chi connectivity index (χ0) is 20.5. The van der Waals surface area contributed by atoms with Crippen LogP contribution in [0.25, 0.3) is 11.5 Å². The number of hydrogen-bond donors (Lipinski definition) is 1. The minimum atomic E-state index is -0.672. The zero-order valence-electron chi connectivity index (χ0n) is 15.2. The first-order valence-electron chi connectivity index (χ1n) is 8.62. The van der Waals surface area contributed by atoms with Crippen LogP contribution in [-0.4, -0.2) is 38.2 Å². The average Bonchev–Trinajstić information content (AvgIpc) is 3.25. The Morgan fingerprint density at radius 2 is 1.97 bits per heavy atom. The van der Waals surface area contributed by atoms with Crippen molar-refractivity contribution in [1.82, 2.24) is 15.2 Å². The van der Waals surface area contributed by atoms with Gasteiger partial charge in [-0.25, -0.2) is 9.88 Å². The number of anilines is 1. The number of carbonyl (C=O) groups excluding carboxylic acids is 3. The second-order valence-corrected chi connectivity index (χ2v) is 7.49. The molecule has 4 rings (SSSR count). The number of imide groups is 1. The fourth-order valence-electron chi connectivity index (χ4n) is 2.90. The predicted octanol–water partition coefficient (Wildman–Crippen LogP) is 1.96. The molecular formula is C19H15N5O4S. The van der Waals surface area contributed by atoms with E-state index in [0.29, 0.717) is 22.7 Å². The lowest BCUT2D eigenvalue weighted by Gasteiger charge is -2.15. The first-order chi connectivity index (χ1) is 13.9. The van der Waals surface area contributed by atoms with E-state index >= 15 is 0 Å². The summed E-state index contributed by atoms with van der Waals surface area (Å²) in [6.45, 7) is 1.82. The SMILES string of the molecule is Cc1ccc(-c2cnnc(SC3CC(=O)N(c4ccc(C(N)=O)cc4)C3=O)n2)o1. The number of primary amides is 1. The maximum Gasteiger partial charge on any atom is 0.248 e. The topological polar surface area (TPSA) is 132 Å². The average molecular weight is 409 g/mol. The fraction of sp³-hybridized carbons (Fsp3) is 0.158. The van der Waals surface area contributed by atoms with Crippen molar-refractivity contribution in [1.29, 1.82) is 0 Å². The largest absolute Gasteiger partial charge is 0.460 e. The number of benzene rings is 1. The van der Waals surface area contributed by atoms with Crippen LogP contribution in [0.1, 0.15) is 22.5 Å². The number of carbonyl (C=O) groups is 3. The summed E-state index contributed by atoms with van der Waals surface area (Å²) >= 11 is 1.07. The maximum atomic E-state index is 12.8. The summed E-state index contributed by atoms with van der Waals surface area (Å²) in [4.78, 5) is 41.9. The number of aromatic nitrogens is 3. The molecule has 0 aliphatic carbocycles. The van der Waals surface area contributed by atoms with Crippen molar-refractivity contribution in [3.05, 3.63) is 53.9 Å². The van der Waals surface area contributed by atoms with Gasteiger partial charge in [0.15, 0.2) is 5.76 Å². The van der Waals surface area contributed by atoms with Crippen LogP contribution in [0.5, 0.6) is 0 Å². The Morgan fingerprint density at radius 3 is 2.62 bits per heavy atom. The van der Waals surface area contributed by atoms with Gasteiger partial charge in [0.1, 0.15) is 16.7 Å². The van der Waals surface area contributed by atoms with Gasteiger partial charge in [0.25, 0.3) is 0 Å². The van der Waals surface area contributed by atoms with Crippen LogP contribution < -0.4 is 10.6 Å².